The Kier molecular flexibility index (Phi) is 4.59. The van der Waals surface area contributed by atoms with Crippen LogP contribution in [0.15, 0.2) is 48.7 Å². The standard InChI is InChI=1S/C15H17ClN2/c1-2-10-18(12-13-6-4-3-5-7-13)15-9-8-14(16)11-17-15/h3-9,11H,2,10,12H2,1H3. The van der Waals surface area contributed by atoms with Gasteiger partial charge in [0.2, 0.25) is 0 Å². The summed E-state index contributed by atoms with van der Waals surface area (Å²) in [6.07, 6.45) is 2.79. The lowest BCUT2D eigenvalue weighted by molar-refractivity contribution is 0.755. The first kappa shape index (κ1) is 12.9. The van der Waals surface area contributed by atoms with Crippen LogP contribution in [0.3, 0.4) is 0 Å². The molecule has 2 aromatic rings. The first-order valence-electron chi connectivity index (χ1n) is 6.20. The Bertz CT molecular complexity index is 468. The van der Waals surface area contributed by atoms with E-state index in [1.54, 1.807) is 6.20 Å². The highest BCUT2D eigenvalue weighted by Gasteiger charge is 2.07. The topological polar surface area (TPSA) is 16.1 Å². The average Bonchev–Trinajstić information content (AvgIpc) is 2.40. The Balaban J connectivity index is 2.15. The van der Waals surface area contributed by atoms with Gasteiger partial charge in [0.1, 0.15) is 5.82 Å². The van der Waals surface area contributed by atoms with Crippen molar-refractivity contribution in [2.24, 2.45) is 0 Å². The summed E-state index contributed by atoms with van der Waals surface area (Å²) >= 11 is 5.87. The van der Waals surface area contributed by atoms with E-state index in [9.17, 15) is 0 Å². The number of hydrogen-bond donors (Lipinski definition) is 0. The third kappa shape index (κ3) is 3.47. The van der Waals surface area contributed by atoms with Crippen molar-refractivity contribution in [3.63, 3.8) is 0 Å². The second-order valence-electron chi connectivity index (χ2n) is 4.24. The van der Waals surface area contributed by atoms with Crippen LogP contribution in [0.1, 0.15) is 18.9 Å². The van der Waals surface area contributed by atoms with Gasteiger partial charge in [-0.2, -0.15) is 0 Å². The van der Waals surface area contributed by atoms with Gasteiger partial charge in [-0.05, 0) is 24.1 Å². The maximum absolute atomic E-state index is 5.87. The molecule has 0 unspecified atom stereocenters. The lowest BCUT2D eigenvalue weighted by Gasteiger charge is -2.23. The number of pyridine rings is 1. The molecule has 2 rings (SSSR count). The van der Waals surface area contributed by atoms with Crippen molar-refractivity contribution in [2.45, 2.75) is 19.9 Å². The van der Waals surface area contributed by atoms with Crippen LogP contribution in [-0.4, -0.2) is 11.5 Å². The Morgan fingerprint density at radius 1 is 1.11 bits per heavy atom. The fourth-order valence-electron chi connectivity index (χ4n) is 1.90. The van der Waals surface area contributed by atoms with Crippen LogP contribution >= 0.6 is 11.6 Å². The summed E-state index contributed by atoms with van der Waals surface area (Å²) in [5.74, 6) is 0.977. The lowest BCUT2D eigenvalue weighted by Crippen LogP contribution is -2.24. The summed E-state index contributed by atoms with van der Waals surface area (Å²) in [5, 5.41) is 0.676. The van der Waals surface area contributed by atoms with Crippen molar-refractivity contribution in [1.29, 1.82) is 0 Å². The van der Waals surface area contributed by atoms with Crippen molar-refractivity contribution in [2.75, 3.05) is 11.4 Å². The highest BCUT2D eigenvalue weighted by atomic mass is 35.5. The number of rotatable bonds is 5. The minimum absolute atomic E-state index is 0.676. The Hall–Kier alpha value is -1.54. The SMILES string of the molecule is CCCN(Cc1ccccc1)c1ccc(Cl)cn1. The van der Waals surface area contributed by atoms with Crippen LogP contribution in [-0.2, 0) is 6.54 Å². The molecular weight excluding hydrogens is 244 g/mol. The summed E-state index contributed by atoms with van der Waals surface area (Å²) in [5.41, 5.74) is 1.29. The van der Waals surface area contributed by atoms with E-state index in [-0.39, 0.29) is 0 Å². The summed E-state index contributed by atoms with van der Waals surface area (Å²) in [6, 6.07) is 14.3. The van der Waals surface area contributed by atoms with E-state index in [0.717, 1.165) is 25.3 Å². The molecule has 1 aromatic heterocycles. The predicted octanol–water partition coefficient (Wildman–Crippen LogP) is 4.15. The van der Waals surface area contributed by atoms with Crippen LogP contribution in [0.4, 0.5) is 5.82 Å². The van der Waals surface area contributed by atoms with Crippen LogP contribution in [0.5, 0.6) is 0 Å². The highest BCUT2D eigenvalue weighted by molar-refractivity contribution is 6.30. The molecular formula is C15H17ClN2. The van der Waals surface area contributed by atoms with Gasteiger partial charge in [-0.1, -0.05) is 48.9 Å². The molecule has 0 aliphatic rings. The zero-order valence-corrected chi connectivity index (χ0v) is 11.3. The van der Waals surface area contributed by atoms with Gasteiger partial charge in [-0.25, -0.2) is 4.98 Å². The number of anilines is 1. The van der Waals surface area contributed by atoms with Gasteiger partial charge in [0.25, 0.3) is 0 Å². The molecule has 94 valence electrons. The van der Waals surface area contributed by atoms with Crippen molar-refractivity contribution in [3.05, 3.63) is 59.2 Å². The quantitative estimate of drug-likeness (QED) is 0.803. The summed E-state index contributed by atoms with van der Waals surface area (Å²) in [4.78, 5) is 6.66. The average molecular weight is 261 g/mol. The van der Waals surface area contributed by atoms with E-state index in [2.05, 4.69) is 41.1 Å². The second kappa shape index (κ2) is 6.41. The van der Waals surface area contributed by atoms with Gasteiger partial charge in [0.05, 0.1) is 5.02 Å². The first-order valence-corrected chi connectivity index (χ1v) is 6.58. The van der Waals surface area contributed by atoms with Gasteiger partial charge >= 0.3 is 0 Å². The molecule has 0 radical (unpaired) electrons. The normalized spacial score (nSPS) is 10.3. The molecule has 0 amide bonds. The molecule has 0 saturated carbocycles. The summed E-state index contributed by atoms with van der Waals surface area (Å²) in [7, 11) is 0. The van der Waals surface area contributed by atoms with Gasteiger partial charge < -0.3 is 4.90 Å². The molecule has 1 heterocycles. The second-order valence-corrected chi connectivity index (χ2v) is 4.68. The van der Waals surface area contributed by atoms with Gasteiger partial charge in [0.15, 0.2) is 0 Å². The predicted molar refractivity (Wildman–Crippen MR) is 77.0 cm³/mol. The van der Waals surface area contributed by atoms with E-state index >= 15 is 0 Å². The largest absolute Gasteiger partial charge is 0.352 e. The van der Waals surface area contributed by atoms with Crippen molar-refractivity contribution in [1.82, 2.24) is 4.98 Å². The molecule has 0 bridgehead atoms. The smallest absolute Gasteiger partial charge is 0.128 e. The van der Waals surface area contributed by atoms with Crippen molar-refractivity contribution < 1.29 is 0 Å². The monoisotopic (exact) mass is 260 g/mol. The fraction of sp³-hybridized carbons (Fsp3) is 0.267. The van der Waals surface area contributed by atoms with Gasteiger partial charge in [-0.15, -0.1) is 0 Å². The van der Waals surface area contributed by atoms with E-state index in [4.69, 9.17) is 11.6 Å². The summed E-state index contributed by atoms with van der Waals surface area (Å²) < 4.78 is 0. The van der Waals surface area contributed by atoms with Crippen LogP contribution < -0.4 is 4.90 Å². The molecule has 0 aliphatic carbocycles. The number of aromatic nitrogens is 1. The third-order valence-electron chi connectivity index (χ3n) is 2.75. The Morgan fingerprint density at radius 2 is 1.89 bits per heavy atom. The van der Waals surface area contributed by atoms with Gasteiger partial charge in [0, 0.05) is 19.3 Å². The molecule has 2 nitrogen and oxygen atoms in total. The third-order valence-corrected chi connectivity index (χ3v) is 2.97. The van der Waals surface area contributed by atoms with E-state index in [1.807, 2.05) is 18.2 Å². The van der Waals surface area contributed by atoms with E-state index in [1.165, 1.54) is 5.56 Å². The van der Waals surface area contributed by atoms with E-state index in [0.29, 0.717) is 5.02 Å². The maximum Gasteiger partial charge on any atom is 0.128 e. The molecule has 18 heavy (non-hydrogen) atoms. The Morgan fingerprint density at radius 3 is 2.50 bits per heavy atom. The number of hydrogen-bond acceptors (Lipinski definition) is 2. The molecule has 0 fully saturated rings. The molecule has 0 atom stereocenters. The molecule has 3 heteroatoms. The number of nitrogens with zero attached hydrogens (tertiary/aromatic N) is 2. The van der Waals surface area contributed by atoms with Crippen molar-refractivity contribution in [3.8, 4) is 0 Å². The number of benzene rings is 1. The lowest BCUT2D eigenvalue weighted by atomic mass is 10.2. The molecule has 0 saturated heterocycles. The molecule has 0 aliphatic heterocycles. The fourth-order valence-corrected chi connectivity index (χ4v) is 2.02. The van der Waals surface area contributed by atoms with E-state index < -0.39 is 0 Å². The summed E-state index contributed by atoms with van der Waals surface area (Å²) in [6.45, 7) is 4.04. The minimum Gasteiger partial charge on any atom is -0.352 e. The minimum atomic E-state index is 0.676. The zero-order valence-electron chi connectivity index (χ0n) is 10.5. The van der Waals surface area contributed by atoms with Crippen LogP contribution in [0.25, 0.3) is 0 Å². The number of halogens is 1. The molecule has 0 N–H and O–H groups in total. The highest BCUT2D eigenvalue weighted by Crippen LogP contribution is 2.17. The van der Waals surface area contributed by atoms with Crippen LogP contribution in [0.2, 0.25) is 5.02 Å². The Labute approximate surface area is 113 Å². The van der Waals surface area contributed by atoms with Crippen LogP contribution in [0, 0.1) is 0 Å². The zero-order chi connectivity index (χ0) is 12.8. The van der Waals surface area contributed by atoms with Crippen molar-refractivity contribution >= 4 is 17.4 Å². The molecule has 1 aromatic carbocycles. The van der Waals surface area contributed by atoms with Gasteiger partial charge in [-0.3, -0.25) is 0 Å². The first-order chi connectivity index (χ1) is 8.79. The molecule has 0 spiro atoms. The maximum atomic E-state index is 5.87.